The van der Waals surface area contributed by atoms with Gasteiger partial charge in [0.2, 0.25) is 26.0 Å². The van der Waals surface area contributed by atoms with Crippen molar-refractivity contribution in [2.24, 2.45) is 0 Å². The summed E-state index contributed by atoms with van der Waals surface area (Å²) in [7, 11) is -6.67. The fourth-order valence-corrected chi connectivity index (χ4v) is 6.14. The Balaban J connectivity index is 1.67. The number of nitrogens with zero attached hydrogens (tertiary/aromatic N) is 1. The minimum atomic E-state index is -4.00. The Morgan fingerprint density at radius 1 is 1.03 bits per heavy atom. The number of benzene rings is 2. The Labute approximate surface area is 197 Å². The molecular weight excluding hydrogens is 489 g/mol. The molecule has 1 saturated heterocycles. The number of nitrogens with one attached hydrogen (secondary N) is 2. The van der Waals surface area contributed by atoms with Gasteiger partial charge in [0.1, 0.15) is 11.9 Å². The first-order valence-electron chi connectivity index (χ1n) is 10.3. The Bertz CT molecular complexity index is 1250. The van der Waals surface area contributed by atoms with Gasteiger partial charge in [-0.3, -0.25) is 9.59 Å². The Morgan fingerprint density at radius 2 is 1.65 bits per heavy atom. The summed E-state index contributed by atoms with van der Waals surface area (Å²) >= 11 is 0. The molecular formula is C21H24FN3O7S2. The molecule has 1 amide bonds. The number of methoxy groups -OCH3 is 1. The maximum absolute atomic E-state index is 13.2. The lowest BCUT2D eigenvalue weighted by molar-refractivity contribution is -0.140. The van der Waals surface area contributed by atoms with Gasteiger partial charge in [-0.1, -0.05) is 0 Å². The number of carbonyl (C=O) groups is 2. The summed E-state index contributed by atoms with van der Waals surface area (Å²) in [5.74, 6) is -1.68. The number of hydrogen-bond acceptors (Lipinski definition) is 7. The molecule has 1 aliphatic rings. The lowest BCUT2D eigenvalue weighted by atomic mass is 10.2. The molecule has 0 aliphatic carbocycles. The van der Waals surface area contributed by atoms with E-state index in [1.54, 1.807) is 0 Å². The van der Waals surface area contributed by atoms with Gasteiger partial charge in [-0.25, -0.2) is 25.9 Å². The lowest BCUT2D eigenvalue weighted by Gasteiger charge is -2.23. The third-order valence-corrected chi connectivity index (χ3v) is 8.61. The van der Waals surface area contributed by atoms with Crippen molar-refractivity contribution in [2.75, 3.05) is 25.5 Å². The zero-order chi connectivity index (χ0) is 24.9. The summed E-state index contributed by atoms with van der Waals surface area (Å²) < 4.78 is 71.5. The minimum Gasteiger partial charge on any atom is -0.469 e. The van der Waals surface area contributed by atoms with Crippen molar-refractivity contribution in [3.63, 3.8) is 0 Å². The zero-order valence-corrected chi connectivity index (χ0v) is 19.9. The van der Waals surface area contributed by atoms with Gasteiger partial charge in [0.25, 0.3) is 0 Å². The maximum Gasteiger partial charge on any atom is 0.306 e. The van der Waals surface area contributed by atoms with Crippen molar-refractivity contribution in [1.29, 1.82) is 0 Å². The smallest absolute Gasteiger partial charge is 0.306 e. The van der Waals surface area contributed by atoms with Crippen molar-refractivity contribution in [1.82, 2.24) is 9.03 Å². The summed E-state index contributed by atoms with van der Waals surface area (Å²) in [4.78, 5) is 23.8. The van der Waals surface area contributed by atoms with Crippen LogP contribution in [-0.4, -0.2) is 59.3 Å². The van der Waals surface area contributed by atoms with E-state index in [-0.39, 0.29) is 35.0 Å². The molecule has 10 nitrogen and oxygen atoms in total. The summed E-state index contributed by atoms with van der Waals surface area (Å²) in [5.41, 5.74) is 0.282. The molecule has 2 aromatic rings. The number of esters is 1. The highest BCUT2D eigenvalue weighted by Crippen LogP contribution is 2.27. The average molecular weight is 514 g/mol. The predicted molar refractivity (Wildman–Crippen MR) is 120 cm³/mol. The van der Waals surface area contributed by atoms with Crippen LogP contribution in [0.1, 0.15) is 19.3 Å². The molecule has 0 unspecified atom stereocenters. The first-order chi connectivity index (χ1) is 16.0. The third-order valence-electron chi connectivity index (χ3n) is 5.21. The molecule has 3 rings (SSSR count). The van der Waals surface area contributed by atoms with Crippen LogP contribution in [0.15, 0.2) is 58.3 Å². The van der Waals surface area contributed by atoms with Crippen molar-refractivity contribution in [3.8, 4) is 0 Å². The van der Waals surface area contributed by atoms with E-state index in [0.29, 0.717) is 12.8 Å². The average Bonchev–Trinajstić information content (AvgIpc) is 3.31. The Hall–Kier alpha value is -2.87. The van der Waals surface area contributed by atoms with Gasteiger partial charge in [-0.2, -0.15) is 4.31 Å². The first kappa shape index (κ1) is 25.7. The summed E-state index contributed by atoms with van der Waals surface area (Å²) in [5, 5.41) is 2.61. The maximum atomic E-state index is 13.2. The minimum absolute atomic E-state index is 0.0725. The highest BCUT2D eigenvalue weighted by molar-refractivity contribution is 7.89. The van der Waals surface area contributed by atoms with E-state index in [1.165, 1.54) is 31.4 Å². The lowest BCUT2D eigenvalue weighted by Crippen LogP contribution is -2.43. The monoisotopic (exact) mass is 513 g/mol. The molecule has 13 heteroatoms. The van der Waals surface area contributed by atoms with Crippen LogP contribution in [0, 0.1) is 5.82 Å². The number of carbonyl (C=O) groups excluding carboxylic acids is 2. The number of anilines is 1. The van der Waals surface area contributed by atoms with Crippen LogP contribution in [-0.2, 0) is 34.4 Å². The van der Waals surface area contributed by atoms with Gasteiger partial charge in [-0.05, 0) is 61.4 Å². The molecule has 0 saturated carbocycles. The second-order valence-electron chi connectivity index (χ2n) is 7.47. The molecule has 0 aromatic heterocycles. The van der Waals surface area contributed by atoms with E-state index >= 15 is 0 Å². The first-order valence-corrected chi connectivity index (χ1v) is 13.2. The molecule has 1 fully saturated rings. The largest absolute Gasteiger partial charge is 0.469 e. The molecule has 1 aliphatic heterocycles. The van der Waals surface area contributed by atoms with E-state index in [9.17, 15) is 30.8 Å². The van der Waals surface area contributed by atoms with E-state index in [1.807, 2.05) is 0 Å². The number of rotatable bonds is 9. The number of hydrogen-bond donors (Lipinski definition) is 2. The Morgan fingerprint density at radius 3 is 2.26 bits per heavy atom. The fraction of sp³-hybridized carbons (Fsp3) is 0.333. The van der Waals surface area contributed by atoms with E-state index in [2.05, 4.69) is 14.8 Å². The highest BCUT2D eigenvalue weighted by Gasteiger charge is 2.39. The van der Waals surface area contributed by atoms with Gasteiger partial charge in [0.05, 0.1) is 23.3 Å². The van der Waals surface area contributed by atoms with Gasteiger partial charge in [0.15, 0.2) is 0 Å². The van der Waals surface area contributed by atoms with Gasteiger partial charge < -0.3 is 10.1 Å². The molecule has 184 valence electrons. The second-order valence-corrected chi connectivity index (χ2v) is 11.1. The van der Waals surface area contributed by atoms with E-state index < -0.39 is 43.8 Å². The molecule has 0 bridgehead atoms. The molecule has 1 heterocycles. The summed E-state index contributed by atoms with van der Waals surface area (Å²) in [6, 6.07) is 8.72. The fourth-order valence-electron chi connectivity index (χ4n) is 3.45. The third kappa shape index (κ3) is 5.97. The van der Waals surface area contributed by atoms with Crippen molar-refractivity contribution in [2.45, 2.75) is 35.1 Å². The van der Waals surface area contributed by atoms with Crippen LogP contribution < -0.4 is 10.0 Å². The number of amides is 1. The molecule has 2 N–H and O–H groups in total. The number of sulfonamides is 2. The quantitative estimate of drug-likeness (QED) is 0.484. The Kier molecular flexibility index (Phi) is 8.02. The van der Waals surface area contributed by atoms with Crippen LogP contribution in [0.2, 0.25) is 0 Å². The van der Waals surface area contributed by atoms with Crippen LogP contribution >= 0.6 is 0 Å². The van der Waals surface area contributed by atoms with Gasteiger partial charge in [-0.15, -0.1) is 0 Å². The highest BCUT2D eigenvalue weighted by atomic mass is 32.2. The normalized spacial score (nSPS) is 16.8. The molecule has 2 aromatic carbocycles. The van der Waals surface area contributed by atoms with Crippen LogP contribution in [0.5, 0.6) is 0 Å². The SMILES string of the molecule is COC(=O)CCNS(=O)(=O)c1ccc(NC(=O)[C@H]2CCCN2S(=O)(=O)c2ccc(F)cc2)cc1. The molecule has 1 atom stereocenters. The topological polar surface area (TPSA) is 139 Å². The number of halogens is 1. The van der Waals surface area contributed by atoms with Crippen molar-refractivity contribution in [3.05, 3.63) is 54.3 Å². The summed E-state index contributed by atoms with van der Waals surface area (Å²) in [6.45, 7) is 0.0137. The van der Waals surface area contributed by atoms with Gasteiger partial charge >= 0.3 is 5.97 Å². The van der Waals surface area contributed by atoms with Crippen LogP contribution in [0.3, 0.4) is 0 Å². The number of ether oxygens (including phenoxy) is 1. The standard InChI is InChI=1S/C21H24FN3O7S2/c1-32-20(26)12-13-23-33(28,29)17-10-6-16(7-11-17)24-21(27)19-3-2-14-25(19)34(30,31)18-8-4-15(22)5-9-18/h4-11,19,23H,2-3,12-14H2,1H3,(H,24,27)/t19-/m1/s1. The van der Waals surface area contributed by atoms with Crippen molar-refractivity contribution >= 4 is 37.6 Å². The molecule has 0 radical (unpaired) electrons. The van der Waals surface area contributed by atoms with Crippen LogP contribution in [0.25, 0.3) is 0 Å². The summed E-state index contributed by atoms with van der Waals surface area (Å²) in [6.07, 6.45) is 0.665. The molecule has 34 heavy (non-hydrogen) atoms. The predicted octanol–water partition coefficient (Wildman–Crippen LogP) is 1.46. The molecule has 0 spiro atoms. The van der Waals surface area contributed by atoms with Gasteiger partial charge in [0, 0.05) is 18.8 Å². The van der Waals surface area contributed by atoms with E-state index in [0.717, 1.165) is 28.6 Å². The zero-order valence-electron chi connectivity index (χ0n) is 18.2. The van der Waals surface area contributed by atoms with Crippen molar-refractivity contribution < 1.29 is 35.6 Å². The second kappa shape index (κ2) is 10.6. The van der Waals surface area contributed by atoms with Crippen LogP contribution in [0.4, 0.5) is 10.1 Å². The van der Waals surface area contributed by atoms with E-state index in [4.69, 9.17) is 0 Å².